The van der Waals surface area contributed by atoms with Crippen LogP contribution < -0.4 is 10.5 Å². The lowest BCUT2D eigenvalue weighted by Crippen LogP contribution is -2.58. The van der Waals surface area contributed by atoms with Gasteiger partial charge in [-0.25, -0.2) is 9.59 Å². The average Bonchev–Trinajstić information content (AvgIpc) is 2.79. The lowest BCUT2D eigenvalue weighted by atomic mass is 9.92. The molecule has 1 rings (SSSR count). The molecule has 0 amide bonds. The van der Waals surface area contributed by atoms with Gasteiger partial charge < -0.3 is 24.5 Å². The van der Waals surface area contributed by atoms with Crippen LogP contribution in [0.1, 0.15) is 25.2 Å². The fourth-order valence-electron chi connectivity index (χ4n) is 1.76. The average molecular weight is 300 g/mol. The zero-order chi connectivity index (χ0) is 16.0. The highest BCUT2D eigenvalue weighted by molar-refractivity contribution is 6.05. The van der Waals surface area contributed by atoms with E-state index in [-0.39, 0.29) is 25.5 Å². The summed E-state index contributed by atoms with van der Waals surface area (Å²) in [4.78, 5) is 24.2. The number of hydrogen-bond donors (Lipinski definition) is 1. The standard InChI is InChI=1S/C13H20N2O6/c1-5-19-11(16)13(14,12(17)20-6-2)7-9-8(3)21-15-10(9)18-4/h5-7,14H2,1-4H3. The maximum absolute atomic E-state index is 12.1. The molecule has 1 aromatic rings. The van der Waals surface area contributed by atoms with Crippen LogP contribution in [-0.4, -0.2) is 43.0 Å². The summed E-state index contributed by atoms with van der Waals surface area (Å²) in [7, 11) is 1.40. The Morgan fingerprint density at radius 2 is 1.76 bits per heavy atom. The molecule has 0 saturated carbocycles. The topological polar surface area (TPSA) is 114 Å². The van der Waals surface area contributed by atoms with Gasteiger partial charge in [0.25, 0.3) is 5.88 Å². The molecule has 0 aliphatic heterocycles. The van der Waals surface area contributed by atoms with Gasteiger partial charge in [0, 0.05) is 6.42 Å². The summed E-state index contributed by atoms with van der Waals surface area (Å²) in [6.07, 6.45) is -0.191. The number of rotatable bonds is 7. The quantitative estimate of drug-likeness (QED) is 0.567. The molecule has 0 fully saturated rings. The van der Waals surface area contributed by atoms with E-state index in [2.05, 4.69) is 5.16 Å². The minimum atomic E-state index is -1.98. The second-order valence-electron chi connectivity index (χ2n) is 4.32. The predicted molar refractivity (Wildman–Crippen MR) is 71.7 cm³/mol. The lowest BCUT2D eigenvalue weighted by Gasteiger charge is -2.24. The number of nitrogens with two attached hydrogens (primary N) is 1. The van der Waals surface area contributed by atoms with E-state index in [1.54, 1.807) is 20.8 Å². The van der Waals surface area contributed by atoms with Crippen LogP contribution >= 0.6 is 0 Å². The molecule has 0 unspecified atom stereocenters. The van der Waals surface area contributed by atoms with E-state index in [1.807, 2.05) is 0 Å². The number of carbonyl (C=O) groups excluding carboxylic acids is 2. The minimum Gasteiger partial charge on any atom is -0.479 e. The Bertz CT molecular complexity index is 493. The molecule has 1 heterocycles. The summed E-state index contributed by atoms with van der Waals surface area (Å²) < 4.78 is 19.8. The van der Waals surface area contributed by atoms with E-state index in [4.69, 9.17) is 24.5 Å². The van der Waals surface area contributed by atoms with Gasteiger partial charge in [-0.05, 0) is 25.9 Å². The SMILES string of the molecule is CCOC(=O)C(N)(Cc1c(OC)noc1C)C(=O)OCC. The van der Waals surface area contributed by atoms with Gasteiger partial charge in [0.05, 0.1) is 25.9 Å². The van der Waals surface area contributed by atoms with E-state index in [1.165, 1.54) is 7.11 Å². The largest absolute Gasteiger partial charge is 0.479 e. The second kappa shape index (κ2) is 7.07. The first-order chi connectivity index (χ1) is 9.90. The van der Waals surface area contributed by atoms with Crippen LogP contribution in [0, 0.1) is 6.92 Å². The van der Waals surface area contributed by atoms with Crippen LogP contribution in [0.15, 0.2) is 4.52 Å². The molecular weight excluding hydrogens is 280 g/mol. The number of carbonyl (C=O) groups is 2. The van der Waals surface area contributed by atoms with E-state index >= 15 is 0 Å². The van der Waals surface area contributed by atoms with Gasteiger partial charge in [0.15, 0.2) is 0 Å². The number of aryl methyl sites for hydroxylation is 1. The molecule has 8 nitrogen and oxygen atoms in total. The number of methoxy groups -OCH3 is 1. The van der Waals surface area contributed by atoms with Crippen molar-refractivity contribution in [2.75, 3.05) is 20.3 Å². The van der Waals surface area contributed by atoms with Gasteiger partial charge in [-0.3, -0.25) is 0 Å². The van der Waals surface area contributed by atoms with Crippen LogP contribution in [0.2, 0.25) is 0 Å². The van der Waals surface area contributed by atoms with E-state index in [0.29, 0.717) is 11.3 Å². The molecule has 0 bridgehead atoms. The van der Waals surface area contributed by atoms with Crippen molar-refractivity contribution in [3.8, 4) is 5.88 Å². The van der Waals surface area contributed by atoms with Crippen LogP contribution in [0.5, 0.6) is 5.88 Å². The third kappa shape index (κ3) is 3.52. The summed E-state index contributed by atoms with van der Waals surface area (Å²) in [5, 5.41) is 3.67. The molecule has 0 saturated heterocycles. The molecule has 1 aromatic heterocycles. The van der Waals surface area contributed by atoms with Crippen molar-refractivity contribution in [2.24, 2.45) is 5.73 Å². The zero-order valence-electron chi connectivity index (χ0n) is 12.6. The third-order valence-electron chi connectivity index (χ3n) is 2.88. The van der Waals surface area contributed by atoms with E-state index in [0.717, 1.165) is 0 Å². The van der Waals surface area contributed by atoms with Gasteiger partial charge in [0.1, 0.15) is 5.76 Å². The summed E-state index contributed by atoms with van der Waals surface area (Å²) in [5.41, 5.74) is 4.41. The van der Waals surface area contributed by atoms with Crippen molar-refractivity contribution in [1.29, 1.82) is 0 Å². The molecule has 8 heteroatoms. The summed E-state index contributed by atoms with van der Waals surface area (Å²) in [6, 6.07) is 0. The lowest BCUT2D eigenvalue weighted by molar-refractivity contribution is -0.164. The van der Waals surface area contributed by atoms with Crippen molar-refractivity contribution >= 4 is 11.9 Å². The van der Waals surface area contributed by atoms with Gasteiger partial charge >= 0.3 is 11.9 Å². The van der Waals surface area contributed by atoms with Crippen LogP contribution in [-0.2, 0) is 25.5 Å². The number of ether oxygens (including phenoxy) is 3. The first kappa shape index (κ1) is 17.0. The molecular formula is C13H20N2O6. The van der Waals surface area contributed by atoms with Gasteiger partial charge in [0.2, 0.25) is 5.54 Å². The molecule has 0 aliphatic carbocycles. The van der Waals surface area contributed by atoms with Crippen molar-refractivity contribution in [3.63, 3.8) is 0 Å². The Labute approximate surface area is 122 Å². The van der Waals surface area contributed by atoms with Crippen molar-refractivity contribution in [2.45, 2.75) is 32.7 Å². The maximum atomic E-state index is 12.1. The number of aromatic nitrogens is 1. The van der Waals surface area contributed by atoms with Crippen molar-refractivity contribution in [3.05, 3.63) is 11.3 Å². The summed E-state index contributed by atoms with van der Waals surface area (Å²) in [5.74, 6) is -1.18. The van der Waals surface area contributed by atoms with Crippen LogP contribution in [0.4, 0.5) is 0 Å². The highest BCUT2D eigenvalue weighted by Crippen LogP contribution is 2.26. The van der Waals surface area contributed by atoms with Crippen molar-refractivity contribution in [1.82, 2.24) is 5.16 Å². The number of esters is 2. The Morgan fingerprint density at radius 1 is 1.24 bits per heavy atom. The maximum Gasteiger partial charge on any atom is 0.338 e. The molecule has 118 valence electrons. The monoisotopic (exact) mass is 300 g/mol. The normalized spacial score (nSPS) is 11.1. The van der Waals surface area contributed by atoms with E-state index < -0.39 is 17.5 Å². The van der Waals surface area contributed by atoms with Crippen LogP contribution in [0.25, 0.3) is 0 Å². The molecule has 0 aliphatic rings. The molecule has 21 heavy (non-hydrogen) atoms. The Kier molecular flexibility index (Phi) is 5.71. The molecule has 0 spiro atoms. The van der Waals surface area contributed by atoms with E-state index in [9.17, 15) is 9.59 Å². The first-order valence-electron chi connectivity index (χ1n) is 6.53. The third-order valence-corrected chi connectivity index (χ3v) is 2.88. The summed E-state index contributed by atoms with van der Waals surface area (Å²) in [6.45, 7) is 5.05. The molecule has 0 aromatic carbocycles. The zero-order valence-corrected chi connectivity index (χ0v) is 12.6. The minimum absolute atomic E-state index is 0.0942. The number of nitrogens with zero attached hydrogens (tertiary/aromatic N) is 1. The predicted octanol–water partition coefficient (Wildman–Crippen LogP) is 0.358. The smallest absolute Gasteiger partial charge is 0.338 e. The van der Waals surface area contributed by atoms with Crippen LogP contribution in [0.3, 0.4) is 0 Å². The highest BCUT2D eigenvalue weighted by atomic mass is 16.6. The Hall–Kier alpha value is -2.09. The Balaban J connectivity index is 3.15. The van der Waals surface area contributed by atoms with Crippen molar-refractivity contribution < 1.29 is 28.3 Å². The van der Waals surface area contributed by atoms with Gasteiger partial charge in [-0.1, -0.05) is 0 Å². The van der Waals surface area contributed by atoms with Gasteiger partial charge in [-0.15, -0.1) is 0 Å². The second-order valence-corrected chi connectivity index (χ2v) is 4.32. The van der Waals surface area contributed by atoms with Gasteiger partial charge in [-0.2, -0.15) is 0 Å². The Morgan fingerprint density at radius 3 is 2.19 bits per heavy atom. The first-order valence-corrected chi connectivity index (χ1v) is 6.53. The highest BCUT2D eigenvalue weighted by Gasteiger charge is 2.47. The molecule has 0 atom stereocenters. The fourth-order valence-corrected chi connectivity index (χ4v) is 1.76. The fraction of sp³-hybridized carbons (Fsp3) is 0.615. The molecule has 2 N–H and O–H groups in total. The molecule has 0 radical (unpaired) electrons. The summed E-state index contributed by atoms with van der Waals surface area (Å²) >= 11 is 0. The number of hydrogen-bond acceptors (Lipinski definition) is 8.